The highest BCUT2D eigenvalue weighted by Crippen LogP contribution is 2.31. The first kappa shape index (κ1) is 22.4. The number of amides is 2. The molecule has 0 aliphatic heterocycles. The third-order valence-corrected chi connectivity index (χ3v) is 5.35. The van der Waals surface area contributed by atoms with Crippen LogP contribution in [-0.4, -0.2) is 16.8 Å². The summed E-state index contributed by atoms with van der Waals surface area (Å²) in [5.41, 5.74) is 2.32. The molecule has 7 heteroatoms. The van der Waals surface area contributed by atoms with Gasteiger partial charge in [0.15, 0.2) is 5.13 Å². The fourth-order valence-corrected chi connectivity index (χ4v) is 3.93. The Labute approximate surface area is 185 Å². The van der Waals surface area contributed by atoms with Crippen LogP contribution in [0.25, 0.3) is 6.08 Å². The first-order chi connectivity index (χ1) is 14.7. The van der Waals surface area contributed by atoms with Gasteiger partial charge in [0.2, 0.25) is 11.8 Å². The summed E-state index contributed by atoms with van der Waals surface area (Å²) in [7, 11) is 0. The minimum Gasteiger partial charge on any atom is -0.322 e. The zero-order chi connectivity index (χ0) is 22.6. The quantitative estimate of drug-likeness (QED) is 0.504. The summed E-state index contributed by atoms with van der Waals surface area (Å²) < 4.78 is 14.2. The van der Waals surface area contributed by atoms with Crippen LogP contribution in [0.2, 0.25) is 0 Å². The van der Waals surface area contributed by atoms with E-state index >= 15 is 0 Å². The number of thiazole rings is 1. The van der Waals surface area contributed by atoms with Gasteiger partial charge in [0.25, 0.3) is 0 Å². The molecular weight excluding hydrogens is 413 g/mol. The fourth-order valence-electron chi connectivity index (χ4n) is 3.08. The molecule has 3 rings (SSSR count). The zero-order valence-corrected chi connectivity index (χ0v) is 18.7. The van der Waals surface area contributed by atoms with Crippen molar-refractivity contribution in [1.29, 1.82) is 0 Å². The number of rotatable bonds is 5. The van der Waals surface area contributed by atoms with Gasteiger partial charge in [-0.1, -0.05) is 51.1 Å². The van der Waals surface area contributed by atoms with Crippen molar-refractivity contribution in [2.45, 2.75) is 33.1 Å². The number of hydrogen-bond donors (Lipinski definition) is 1. The molecule has 5 nitrogen and oxygen atoms in total. The van der Waals surface area contributed by atoms with Crippen LogP contribution in [0.3, 0.4) is 0 Å². The number of nitrogens with one attached hydrogen (secondary N) is 1. The molecular formula is C24H24FN3O2S. The molecule has 0 atom stereocenters. The van der Waals surface area contributed by atoms with Gasteiger partial charge in [-0.2, -0.15) is 0 Å². The molecule has 0 saturated carbocycles. The van der Waals surface area contributed by atoms with Gasteiger partial charge in [-0.05, 0) is 35.3 Å². The first-order valence-corrected chi connectivity index (χ1v) is 10.6. The number of carbonyl (C=O) groups excluding carboxylic acids is 2. The Kier molecular flexibility index (Phi) is 6.65. The van der Waals surface area contributed by atoms with Crippen LogP contribution < -0.4 is 10.2 Å². The SMILES string of the molecule is CC(=O)N(c1nc(/C=C/C(=O)Nc2ccccc2C(C)(C)C)cs1)c1ccccc1F. The van der Waals surface area contributed by atoms with Gasteiger partial charge in [0.1, 0.15) is 5.82 Å². The maximum absolute atomic E-state index is 14.2. The Morgan fingerprint density at radius 3 is 2.45 bits per heavy atom. The van der Waals surface area contributed by atoms with Crippen LogP contribution in [0.1, 0.15) is 39.0 Å². The largest absolute Gasteiger partial charge is 0.322 e. The van der Waals surface area contributed by atoms with E-state index in [4.69, 9.17) is 0 Å². The molecule has 160 valence electrons. The van der Waals surface area contributed by atoms with Crippen LogP contribution >= 0.6 is 11.3 Å². The zero-order valence-electron chi connectivity index (χ0n) is 17.8. The Morgan fingerprint density at radius 2 is 1.77 bits per heavy atom. The summed E-state index contributed by atoms with van der Waals surface area (Å²) in [6.07, 6.45) is 2.95. The third kappa shape index (κ3) is 5.44. The highest BCUT2D eigenvalue weighted by molar-refractivity contribution is 7.14. The lowest BCUT2D eigenvalue weighted by molar-refractivity contribution is -0.116. The normalized spacial score (nSPS) is 11.5. The van der Waals surface area contributed by atoms with E-state index in [2.05, 4.69) is 31.1 Å². The van der Waals surface area contributed by atoms with E-state index in [1.807, 2.05) is 24.3 Å². The standard InChI is InChI=1S/C24H24FN3O2S/c1-16(29)28(21-12-8-6-10-19(21)25)23-26-17(15-31-23)13-14-22(30)27-20-11-7-5-9-18(20)24(2,3)4/h5-15H,1-4H3,(H,27,30)/b14-13+. The maximum atomic E-state index is 14.2. The van der Waals surface area contributed by atoms with Gasteiger partial charge in [0.05, 0.1) is 11.4 Å². The topological polar surface area (TPSA) is 62.3 Å². The summed E-state index contributed by atoms with van der Waals surface area (Å²) in [6, 6.07) is 13.7. The second kappa shape index (κ2) is 9.22. The van der Waals surface area contributed by atoms with Crippen LogP contribution in [-0.2, 0) is 15.0 Å². The lowest BCUT2D eigenvalue weighted by atomic mass is 9.86. The predicted octanol–water partition coefficient (Wildman–Crippen LogP) is 5.92. The summed E-state index contributed by atoms with van der Waals surface area (Å²) in [4.78, 5) is 30.2. The third-order valence-electron chi connectivity index (χ3n) is 4.51. The van der Waals surface area contributed by atoms with Crippen LogP contribution in [0.4, 0.5) is 20.9 Å². The summed E-state index contributed by atoms with van der Waals surface area (Å²) in [5, 5.41) is 4.94. The van der Waals surface area contributed by atoms with Crippen molar-refractivity contribution in [2.24, 2.45) is 0 Å². The van der Waals surface area contributed by atoms with E-state index < -0.39 is 5.82 Å². The van der Waals surface area contributed by atoms with Crippen molar-refractivity contribution in [3.63, 3.8) is 0 Å². The minimum atomic E-state index is -0.512. The average molecular weight is 438 g/mol. The van der Waals surface area contributed by atoms with E-state index in [1.165, 1.54) is 41.4 Å². The Bertz CT molecular complexity index is 1130. The number of benzene rings is 2. The van der Waals surface area contributed by atoms with Crippen LogP contribution in [0.15, 0.2) is 60.0 Å². The Morgan fingerprint density at radius 1 is 1.10 bits per heavy atom. The van der Waals surface area contributed by atoms with Gasteiger partial charge >= 0.3 is 0 Å². The second-order valence-corrected chi connectivity index (χ2v) is 8.82. The summed E-state index contributed by atoms with van der Waals surface area (Å²) in [5.74, 6) is -1.16. The van der Waals surface area contributed by atoms with Crippen LogP contribution in [0.5, 0.6) is 0 Å². The molecule has 0 spiro atoms. The number of para-hydroxylation sites is 2. The smallest absolute Gasteiger partial charge is 0.248 e. The molecule has 3 aromatic rings. The van der Waals surface area contributed by atoms with E-state index in [0.29, 0.717) is 10.8 Å². The lowest BCUT2D eigenvalue weighted by Gasteiger charge is -2.22. The highest BCUT2D eigenvalue weighted by Gasteiger charge is 2.21. The number of hydrogen-bond acceptors (Lipinski definition) is 4. The molecule has 0 radical (unpaired) electrons. The lowest BCUT2D eigenvalue weighted by Crippen LogP contribution is -2.23. The van der Waals surface area contributed by atoms with Crippen molar-refractivity contribution in [3.05, 3.63) is 77.1 Å². The molecule has 1 aromatic heterocycles. The fraction of sp³-hybridized carbons (Fsp3) is 0.208. The van der Waals surface area contributed by atoms with Gasteiger partial charge in [-0.25, -0.2) is 9.37 Å². The molecule has 0 fully saturated rings. The van der Waals surface area contributed by atoms with Crippen molar-refractivity contribution >= 4 is 45.7 Å². The minimum absolute atomic E-state index is 0.111. The number of nitrogens with zero attached hydrogens (tertiary/aromatic N) is 2. The average Bonchev–Trinajstić information content (AvgIpc) is 3.16. The molecule has 1 N–H and O–H groups in total. The molecule has 2 aromatic carbocycles. The summed E-state index contributed by atoms with van der Waals surface area (Å²) in [6.45, 7) is 7.60. The first-order valence-electron chi connectivity index (χ1n) is 9.76. The Hall–Kier alpha value is -3.32. The molecule has 2 amide bonds. The van der Waals surface area contributed by atoms with Crippen molar-refractivity contribution in [1.82, 2.24) is 4.98 Å². The van der Waals surface area contributed by atoms with E-state index in [1.54, 1.807) is 23.6 Å². The molecule has 1 heterocycles. The maximum Gasteiger partial charge on any atom is 0.248 e. The Balaban J connectivity index is 1.77. The van der Waals surface area contributed by atoms with Crippen molar-refractivity contribution in [3.8, 4) is 0 Å². The van der Waals surface area contributed by atoms with Gasteiger partial charge in [0, 0.05) is 24.1 Å². The van der Waals surface area contributed by atoms with E-state index in [-0.39, 0.29) is 22.9 Å². The molecule has 0 aliphatic rings. The number of aromatic nitrogens is 1. The molecule has 0 bridgehead atoms. The van der Waals surface area contributed by atoms with Gasteiger partial charge in [-0.15, -0.1) is 11.3 Å². The van der Waals surface area contributed by atoms with Gasteiger partial charge < -0.3 is 5.32 Å². The summed E-state index contributed by atoms with van der Waals surface area (Å²) >= 11 is 1.20. The van der Waals surface area contributed by atoms with Crippen molar-refractivity contribution < 1.29 is 14.0 Å². The number of halogens is 1. The molecule has 0 aliphatic carbocycles. The van der Waals surface area contributed by atoms with E-state index in [0.717, 1.165) is 11.3 Å². The van der Waals surface area contributed by atoms with Gasteiger partial charge in [-0.3, -0.25) is 14.5 Å². The number of anilines is 3. The molecule has 0 saturated heterocycles. The van der Waals surface area contributed by atoms with Crippen molar-refractivity contribution in [2.75, 3.05) is 10.2 Å². The molecule has 31 heavy (non-hydrogen) atoms. The monoisotopic (exact) mass is 437 g/mol. The predicted molar refractivity (Wildman–Crippen MR) is 124 cm³/mol. The second-order valence-electron chi connectivity index (χ2n) is 7.98. The van der Waals surface area contributed by atoms with Crippen LogP contribution in [0, 0.1) is 5.82 Å². The molecule has 0 unspecified atom stereocenters. The van der Waals surface area contributed by atoms with E-state index in [9.17, 15) is 14.0 Å². The highest BCUT2D eigenvalue weighted by atomic mass is 32.1. The number of carbonyl (C=O) groups is 2.